The van der Waals surface area contributed by atoms with Crippen molar-refractivity contribution in [2.24, 2.45) is 11.8 Å². The number of fused-ring (bicyclic) bond motifs is 2. The van der Waals surface area contributed by atoms with Gasteiger partial charge in [0.15, 0.2) is 0 Å². The molecule has 1 nitrogen and oxygen atoms in total. The topological polar surface area (TPSA) is 3.24 Å². The number of benzene rings is 1. The summed E-state index contributed by atoms with van der Waals surface area (Å²) in [5.41, 5.74) is 1.58. The van der Waals surface area contributed by atoms with Crippen LogP contribution in [0, 0.1) is 11.8 Å². The van der Waals surface area contributed by atoms with Crippen molar-refractivity contribution in [1.82, 2.24) is 4.90 Å². The summed E-state index contributed by atoms with van der Waals surface area (Å²) in [4.78, 5) is 2.71. The Morgan fingerprint density at radius 3 is 2.26 bits per heavy atom. The van der Waals surface area contributed by atoms with E-state index < -0.39 is 0 Å². The number of halogens is 1. The van der Waals surface area contributed by atoms with Gasteiger partial charge in [-0.05, 0) is 49.8 Å². The van der Waals surface area contributed by atoms with Gasteiger partial charge >= 0.3 is 0 Å². The molecule has 0 aromatic heterocycles. The van der Waals surface area contributed by atoms with Crippen LogP contribution in [0.2, 0.25) is 0 Å². The fourth-order valence-corrected chi connectivity index (χ4v) is 4.58. The van der Waals surface area contributed by atoms with Crippen LogP contribution in [0.5, 0.6) is 0 Å². The van der Waals surface area contributed by atoms with Crippen LogP contribution in [0.25, 0.3) is 0 Å². The standard InChI is InChI=1S/C17H25N.ClH/c1-3-18(4-2)17-15-11-10-14(12-15)16(17)13-8-6-5-7-9-13;/h5-9,14-17H,3-4,10-12H2,1-2H3;1H. The molecule has 4 unspecified atom stereocenters. The van der Waals surface area contributed by atoms with E-state index in [9.17, 15) is 0 Å². The van der Waals surface area contributed by atoms with Crippen LogP contribution in [0.15, 0.2) is 30.3 Å². The molecule has 2 saturated carbocycles. The molecule has 0 radical (unpaired) electrons. The third kappa shape index (κ3) is 2.55. The summed E-state index contributed by atoms with van der Waals surface area (Å²) in [5, 5.41) is 0. The first kappa shape index (κ1) is 14.9. The molecule has 1 aromatic rings. The van der Waals surface area contributed by atoms with E-state index in [0.29, 0.717) is 0 Å². The van der Waals surface area contributed by atoms with E-state index in [0.717, 1.165) is 23.8 Å². The van der Waals surface area contributed by atoms with Gasteiger partial charge in [0.1, 0.15) is 0 Å². The van der Waals surface area contributed by atoms with Crippen LogP contribution in [-0.2, 0) is 0 Å². The summed E-state index contributed by atoms with van der Waals surface area (Å²) >= 11 is 0. The third-order valence-corrected chi connectivity index (χ3v) is 5.29. The highest BCUT2D eigenvalue weighted by molar-refractivity contribution is 5.85. The first-order valence-electron chi connectivity index (χ1n) is 7.64. The Morgan fingerprint density at radius 2 is 1.63 bits per heavy atom. The number of rotatable bonds is 4. The van der Waals surface area contributed by atoms with Crippen LogP contribution >= 0.6 is 12.4 Å². The Labute approximate surface area is 123 Å². The summed E-state index contributed by atoms with van der Waals surface area (Å²) in [6, 6.07) is 12.1. The normalized spacial score (nSPS) is 32.6. The predicted octanol–water partition coefficient (Wildman–Crippen LogP) is 4.33. The molecule has 0 aliphatic heterocycles. The van der Waals surface area contributed by atoms with Gasteiger partial charge in [0.25, 0.3) is 0 Å². The number of likely N-dealkylation sites (N-methyl/N-ethyl adjacent to an activating group) is 1. The molecule has 1 aromatic carbocycles. The van der Waals surface area contributed by atoms with Crippen molar-refractivity contribution in [2.75, 3.05) is 13.1 Å². The van der Waals surface area contributed by atoms with Crippen molar-refractivity contribution in [3.8, 4) is 0 Å². The molecule has 19 heavy (non-hydrogen) atoms. The Morgan fingerprint density at radius 1 is 1.00 bits per heavy atom. The van der Waals surface area contributed by atoms with E-state index in [1.54, 1.807) is 5.56 Å². The SMILES string of the molecule is CCN(CC)C1C2CCC(C2)C1c1ccccc1.Cl. The number of nitrogens with zero attached hydrogens (tertiary/aromatic N) is 1. The van der Waals surface area contributed by atoms with Crippen molar-refractivity contribution < 1.29 is 0 Å². The average Bonchev–Trinajstić information content (AvgIpc) is 3.02. The molecule has 2 aliphatic carbocycles. The zero-order valence-electron chi connectivity index (χ0n) is 12.1. The van der Waals surface area contributed by atoms with Gasteiger partial charge < -0.3 is 4.90 Å². The molecule has 2 bridgehead atoms. The van der Waals surface area contributed by atoms with Gasteiger partial charge in [0.2, 0.25) is 0 Å². The van der Waals surface area contributed by atoms with E-state index in [1.807, 2.05) is 0 Å². The van der Waals surface area contributed by atoms with Crippen molar-refractivity contribution in [3.63, 3.8) is 0 Å². The molecule has 0 amide bonds. The van der Waals surface area contributed by atoms with E-state index in [4.69, 9.17) is 0 Å². The first-order chi connectivity index (χ1) is 8.85. The summed E-state index contributed by atoms with van der Waals surface area (Å²) in [5.74, 6) is 2.70. The second kappa shape index (κ2) is 6.28. The largest absolute Gasteiger partial charge is 0.300 e. The lowest BCUT2D eigenvalue weighted by Gasteiger charge is -2.39. The summed E-state index contributed by atoms with van der Waals surface area (Å²) < 4.78 is 0. The van der Waals surface area contributed by atoms with Gasteiger partial charge in [-0.3, -0.25) is 0 Å². The van der Waals surface area contributed by atoms with Gasteiger partial charge in [-0.1, -0.05) is 44.2 Å². The van der Waals surface area contributed by atoms with Gasteiger partial charge in [0.05, 0.1) is 0 Å². The first-order valence-corrected chi connectivity index (χ1v) is 7.64. The Kier molecular flexibility index (Phi) is 4.92. The Bertz CT molecular complexity index is 388. The highest BCUT2D eigenvalue weighted by atomic mass is 35.5. The van der Waals surface area contributed by atoms with Crippen LogP contribution in [0.3, 0.4) is 0 Å². The minimum Gasteiger partial charge on any atom is -0.300 e. The number of hydrogen-bond acceptors (Lipinski definition) is 1. The lowest BCUT2D eigenvalue weighted by atomic mass is 9.79. The van der Waals surface area contributed by atoms with Crippen LogP contribution in [0.1, 0.15) is 44.6 Å². The molecule has 2 aliphatic rings. The molecule has 0 heterocycles. The highest BCUT2D eigenvalue weighted by Crippen LogP contribution is 2.54. The van der Waals surface area contributed by atoms with E-state index in [-0.39, 0.29) is 12.4 Å². The van der Waals surface area contributed by atoms with Crippen LogP contribution in [0.4, 0.5) is 0 Å². The Balaban J connectivity index is 0.00000133. The van der Waals surface area contributed by atoms with Crippen molar-refractivity contribution in [2.45, 2.75) is 45.1 Å². The fraction of sp³-hybridized carbons (Fsp3) is 0.647. The minimum atomic E-state index is 0. The van der Waals surface area contributed by atoms with Gasteiger partial charge in [0, 0.05) is 12.0 Å². The number of hydrogen-bond donors (Lipinski definition) is 0. The molecule has 2 heteroatoms. The summed E-state index contributed by atoms with van der Waals surface area (Å²) in [6.45, 7) is 7.04. The van der Waals surface area contributed by atoms with E-state index >= 15 is 0 Å². The smallest absolute Gasteiger partial charge is 0.0195 e. The van der Waals surface area contributed by atoms with Crippen molar-refractivity contribution >= 4 is 12.4 Å². The highest BCUT2D eigenvalue weighted by Gasteiger charge is 2.49. The third-order valence-electron chi connectivity index (χ3n) is 5.29. The summed E-state index contributed by atoms with van der Waals surface area (Å²) in [7, 11) is 0. The Hall–Kier alpha value is -0.530. The second-order valence-corrected chi connectivity index (χ2v) is 5.98. The molecule has 3 rings (SSSR count). The average molecular weight is 280 g/mol. The molecular formula is C17H26ClN. The maximum atomic E-state index is 2.71. The van der Waals surface area contributed by atoms with Crippen molar-refractivity contribution in [1.29, 1.82) is 0 Å². The molecule has 0 N–H and O–H groups in total. The van der Waals surface area contributed by atoms with E-state index in [1.165, 1.54) is 32.4 Å². The van der Waals surface area contributed by atoms with Crippen molar-refractivity contribution in [3.05, 3.63) is 35.9 Å². The molecule has 4 atom stereocenters. The molecule has 2 fully saturated rings. The molecule has 106 valence electrons. The lowest BCUT2D eigenvalue weighted by molar-refractivity contribution is 0.137. The predicted molar refractivity (Wildman–Crippen MR) is 84.0 cm³/mol. The van der Waals surface area contributed by atoms with E-state index in [2.05, 4.69) is 49.1 Å². The van der Waals surface area contributed by atoms with Gasteiger partial charge in [-0.15, -0.1) is 12.4 Å². The second-order valence-electron chi connectivity index (χ2n) is 5.98. The maximum Gasteiger partial charge on any atom is 0.0195 e. The van der Waals surface area contributed by atoms with Gasteiger partial charge in [-0.25, -0.2) is 0 Å². The van der Waals surface area contributed by atoms with Gasteiger partial charge in [-0.2, -0.15) is 0 Å². The van der Waals surface area contributed by atoms with Crippen LogP contribution in [-0.4, -0.2) is 24.0 Å². The van der Waals surface area contributed by atoms with Crippen LogP contribution < -0.4 is 0 Å². The lowest BCUT2D eigenvalue weighted by Crippen LogP contribution is -2.43. The maximum absolute atomic E-state index is 2.71. The minimum absolute atomic E-state index is 0. The molecular weight excluding hydrogens is 254 g/mol. The quantitative estimate of drug-likeness (QED) is 0.793. The molecule has 0 spiro atoms. The zero-order chi connectivity index (χ0) is 12.5. The summed E-state index contributed by atoms with van der Waals surface area (Å²) in [6.07, 6.45) is 4.40. The zero-order valence-corrected chi connectivity index (χ0v) is 12.9. The molecule has 0 saturated heterocycles. The monoisotopic (exact) mass is 279 g/mol. The fourth-order valence-electron chi connectivity index (χ4n) is 4.58.